The van der Waals surface area contributed by atoms with E-state index in [1.54, 1.807) is 13.0 Å². The summed E-state index contributed by atoms with van der Waals surface area (Å²) in [7, 11) is 0. The third-order valence-corrected chi connectivity index (χ3v) is 5.31. The standard InChI is InChI=1S/C17H24BrNO3S/c1-6-14(12-8-10-13(18)11-9-12)15(16(20)22-7-2)19-23(21)17(3,4)5/h6,8-11,14-15,19H,1,7H2,2-5H3/t14-,15-,23-/m0/s1. The molecular weight excluding hydrogens is 378 g/mol. The molecule has 0 aliphatic heterocycles. The lowest BCUT2D eigenvalue weighted by Crippen LogP contribution is -2.50. The Morgan fingerprint density at radius 3 is 2.43 bits per heavy atom. The van der Waals surface area contributed by atoms with Gasteiger partial charge in [-0.25, -0.2) is 0 Å². The summed E-state index contributed by atoms with van der Waals surface area (Å²) in [5, 5.41) is 0. The van der Waals surface area contributed by atoms with Crippen molar-refractivity contribution in [2.75, 3.05) is 6.61 Å². The first-order valence-corrected chi connectivity index (χ1v) is 9.37. The summed E-state index contributed by atoms with van der Waals surface area (Å²) in [6.07, 6.45) is 1.68. The smallest absolute Gasteiger partial charge is 0.328 e. The van der Waals surface area contributed by atoms with Crippen molar-refractivity contribution in [1.82, 2.24) is 4.72 Å². The molecule has 1 N–H and O–H groups in total. The molecular formula is C17H24BrNO3S. The van der Waals surface area contributed by atoms with E-state index in [1.165, 1.54) is 0 Å². The molecule has 0 aromatic heterocycles. The molecule has 0 fully saturated rings. The molecule has 1 rings (SSSR count). The number of ether oxygens (including phenoxy) is 1. The van der Waals surface area contributed by atoms with Crippen molar-refractivity contribution in [1.29, 1.82) is 0 Å². The molecule has 3 atom stereocenters. The van der Waals surface area contributed by atoms with Crippen LogP contribution >= 0.6 is 15.9 Å². The van der Waals surface area contributed by atoms with Crippen LogP contribution in [-0.4, -0.2) is 27.9 Å². The third-order valence-electron chi connectivity index (χ3n) is 3.20. The fourth-order valence-electron chi connectivity index (χ4n) is 1.94. The molecule has 0 heterocycles. The molecule has 1 aromatic rings. The molecule has 1 aromatic carbocycles. The maximum absolute atomic E-state index is 12.4. The molecule has 0 radical (unpaired) electrons. The number of carbonyl (C=O) groups is 1. The van der Waals surface area contributed by atoms with Gasteiger partial charge in [-0.05, 0) is 45.4 Å². The highest BCUT2D eigenvalue weighted by Gasteiger charge is 2.37. The molecule has 0 aliphatic carbocycles. The lowest BCUT2D eigenvalue weighted by Gasteiger charge is -2.30. The van der Waals surface area contributed by atoms with Crippen molar-refractivity contribution in [3.63, 3.8) is 0 Å². The van der Waals surface area contributed by atoms with Gasteiger partial charge in [-0.15, -0.1) is 11.3 Å². The maximum Gasteiger partial charge on any atom is 0.328 e. The van der Waals surface area contributed by atoms with Crippen LogP contribution in [-0.2, 0) is 20.9 Å². The van der Waals surface area contributed by atoms with Crippen molar-refractivity contribution in [2.24, 2.45) is 0 Å². The van der Waals surface area contributed by atoms with E-state index in [1.807, 2.05) is 45.0 Å². The molecule has 23 heavy (non-hydrogen) atoms. The number of rotatable bonds is 7. The van der Waals surface area contributed by atoms with E-state index in [9.17, 15) is 9.35 Å². The fraction of sp³-hybridized carbons (Fsp3) is 0.471. The summed E-state index contributed by atoms with van der Waals surface area (Å²) < 4.78 is 21.0. The van der Waals surface area contributed by atoms with Gasteiger partial charge < -0.3 is 9.29 Å². The van der Waals surface area contributed by atoms with Gasteiger partial charge in [-0.1, -0.05) is 34.1 Å². The molecule has 4 nitrogen and oxygen atoms in total. The number of benzene rings is 1. The Balaban J connectivity index is 3.11. The zero-order valence-electron chi connectivity index (χ0n) is 14.0. The molecule has 128 valence electrons. The highest BCUT2D eigenvalue weighted by atomic mass is 79.9. The van der Waals surface area contributed by atoms with E-state index in [4.69, 9.17) is 4.74 Å². The van der Waals surface area contributed by atoms with Crippen LogP contribution in [0.4, 0.5) is 0 Å². The summed E-state index contributed by atoms with van der Waals surface area (Å²) in [6, 6.07) is 6.85. The highest BCUT2D eigenvalue weighted by Crippen LogP contribution is 2.26. The second kappa shape index (κ2) is 8.87. The van der Waals surface area contributed by atoms with E-state index < -0.39 is 28.1 Å². The van der Waals surface area contributed by atoms with Gasteiger partial charge in [0.05, 0.1) is 6.61 Å². The van der Waals surface area contributed by atoms with Crippen LogP contribution in [0.5, 0.6) is 0 Å². The average molecular weight is 402 g/mol. The van der Waals surface area contributed by atoms with Gasteiger partial charge in [-0.3, -0.25) is 4.79 Å². The Bertz CT molecular complexity index is 528. The summed E-state index contributed by atoms with van der Waals surface area (Å²) in [4.78, 5) is 12.4. The van der Waals surface area contributed by atoms with Crippen molar-refractivity contribution < 1.29 is 14.1 Å². The largest absolute Gasteiger partial charge is 0.598 e. The van der Waals surface area contributed by atoms with Crippen LogP contribution < -0.4 is 4.72 Å². The normalized spacial score (nSPS) is 15.6. The number of halogens is 1. The molecule has 0 spiro atoms. The molecule has 0 saturated carbocycles. The zero-order valence-corrected chi connectivity index (χ0v) is 16.4. The second-order valence-electron chi connectivity index (χ2n) is 6.04. The zero-order chi connectivity index (χ0) is 17.6. The number of hydrogen-bond acceptors (Lipinski definition) is 4. The van der Waals surface area contributed by atoms with Gasteiger partial charge in [0.2, 0.25) is 0 Å². The van der Waals surface area contributed by atoms with E-state index >= 15 is 0 Å². The molecule has 0 aliphatic rings. The Hall–Kier alpha value is -0.820. The Labute approximate surface area is 150 Å². The van der Waals surface area contributed by atoms with Gasteiger partial charge in [0.15, 0.2) is 6.04 Å². The quantitative estimate of drug-likeness (QED) is 0.429. The number of esters is 1. The van der Waals surface area contributed by atoms with Crippen LogP contribution in [0.3, 0.4) is 0 Å². The fourth-order valence-corrected chi connectivity index (χ4v) is 3.03. The molecule has 0 saturated heterocycles. The topological polar surface area (TPSA) is 61.4 Å². The van der Waals surface area contributed by atoms with E-state index in [0.717, 1.165) is 10.0 Å². The van der Waals surface area contributed by atoms with Crippen molar-refractivity contribution in [3.05, 3.63) is 47.0 Å². The van der Waals surface area contributed by atoms with Gasteiger partial charge in [0.1, 0.15) is 4.75 Å². The number of hydrogen-bond donors (Lipinski definition) is 1. The highest BCUT2D eigenvalue weighted by molar-refractivity contribution is 9.10. The summed E-state index contributed by atoms with van der Waals surface area (Å²) in [5.41, 5.74) is 0.902. The first-order chi connectivity index (χ1) is 10.7. The lowest BCUT2D eigenvalue weighted by molar-refractivity contribution is -0.145. The van der Waals surface area contributed by atoms with E-state index in [-0.39, 0.29) is 12.5 Å². The number of carbonyl (C=O) groups excluding carboxylic acids is 1. The van der Waals surface area contributed by atoms with Crippen LogP contribution in [0, 0.1) is 0 Å². The SMILES string of the molecule is C=C[C@@H](c1ccc(Br)cc1)[C@H](N[S@@+]([O-])C(C)(C)C)C(=O)OCC. The van der Waals surface area contributed by atoms with E-state index in [0.29, 0.717) is 0 Å². The van der Waals surface area contributed by atoms with Gasteiger partial charge >= 0.3 is 5.97 Å². The Kier molecular flexibility index (Phi) is 7.80. The van der Waals surface area contributed by atoms with Crippen molar-refractivity contribution in [3.8, 4) is 0 Å². The van der Waals surface area contributed by atoms with Crippen molar-refractivity contribution >= 4 is 33.3 Å². The summed E-state index contributed by atoms with van der Waals surface area (Å²) in [6.45, 7) is 11.4. The van der Waals surface area contributed by atoms with Crippen LogP contribution in [0.25, 0.3) is 0 Å². The Morgan fingerprint density at radius 2 is 2.00 bits per heavy atom. The first kappa shape index (κ1) is 20.2. The predicted octanol–water partition coefficient (Wildman–Crippen LogP) is 3.70. The predicted molar refractivity (Wildman–Crippen MR) is 98.5 cm³/mol. The van der Waals surface area contributed by atoms with Gasteiger partial charge in [0, 0.05) is 21.8 Å². The number of nitrogens with one attached hydrogen (secondary N) is 1. The van der Waals surface area contributed by atoms with Crippen LogP contribution in [0.2, 0.25) is 0 Å². The molecule has 6 heteroatoms. The monoisotopic (exact) mass is 401 g/mol. The Morgan fingerprint density at radius 1 is 1.43 bits per heavy atom. The summed E-state index contributed by atoms with van der Waals surface area (Å²) in [5.74, 6) is -0.772. The minimum absolute atomic E-state index is 0.267. The minimum Gasteiger partial charge on any atom is -0.598 e. The minimum atomic E-state index is -1.40. The van der Waals surface area contributed by atoms with Crippen LogP contribution in [0.1, 0.15) is 39.2 Å². The van der Waals surface area contributed by atoms with Gasteiger partial charge in [0.25, 0.3) is 0 Å². The molecule has 0 amide bonds. The molecule has 0 unspecified atom stereocenters. The van der Waals surface area contributed by atoms with E-state index in [2.05, 4.69) is 27.2 Å². The first-order valence-electron chi connectivity index (χ1n) is 7.43. The van der Waals surface area contributed by atoms with Crippen LogP contribution in [0.15, 0.2) is 41.4 Å². The third kappa shape index (κ3) is 5.95. The maximum atomic E-state index is 12.4. The van der Waals surface area contributed by atoms with Crippen molar-refractivity contribution in [2.45, 2.75) is 44.4 Å². The average Bonchev–Trinajstić information content (AvgIpc) is 2.47. The lowest BCUT2D eigenvalue weighted by atomic mass is 9.92. The second-order valence-corrected chi connectivity index (χ2v) is 8.96. The van der Waals surface area contributed by atoms with Gasteiger partial charge in [-0.2, -0.15) is 0 Å². The summed E-state index contributed by atoms with van der Waals surface area (Å²) >= 11 is 1.99. The molecule has 0 bridgehead atoms.